The lowest BCUT2D eigenvalue weighted by Crippen LogP contribution is -2.53. The average Bonchev–Trinajstić information content (AvgIpc) is 2.68. The number of benzene rings is 1. The van der Waals surface area contributed by atoms with Crippen molar-refractivity contribution in [1.82, 2.24) is 15.1 Å². The predicted molar refractivity (Wildman–Crippen MR) is 96.5 cm³/mol. The van der Waals surface area contributed by atoms with Crippen LogP contribution in [0.3, 0.4) is 0 Å². The molecule has 140 valence electrons. The number of carbonyl (C=O) groups is 3. The first-order valence-electron chi connectivity index (χ1n) is 8.86. The van der Waals surface area contributed by atoms with Crippen molar-refractivity contribution in [3.63, 3.8) is 0 Å². The summed E-state index contributed by atoms with van der Waals surface area (Å²) in [4.78, 5) is 41.5. The van der Waals surface area contributed by atoms with Crippen molar-refractivity contribution < 1.29 is 19.1 Å². The van der Waals surface area contributed by atoms with Crippen LogP contribution >= 0.6 is 0 Å². The van der Waals surface area contributed by atoms with Gasteiger partial charge in [0.15, 0.2) is 6.61 Å². The van der Waals surface area contributed by atoms with Crippen molar-refractivity contribution in [2.24, 2.45) is 0 Å². The van der Waals surface area contributed by atoms with Gasteiger partial charge >= 0.3 is 6.03 Å². The van der Waals surface area contributed by atoms with Crippen LogP contribution in [0.1, 0.15) is 23.7 Å². The fourth-order valence-corrected chi connectivity index (χ4v) is 3.04. The van der Waals surface area contributed by atoms with Crippen LogP contribution in [-0.4, -0.2) is 74.0 Å². The highest BCUT2D eigenvalue weighted by molar-refractivity contribution is 6.01. The number of urea groups is 1. The van der Waals surface area contributed by atoms with Gasteiger partial charge in [-0.3, -0.25) is 9.59 Å². The summed E-state index contributed by atoms with van der Waals surface area (Å²) < 4.78 is 5.39. The minimum Gasteiger partial charge on any atom is -0.482 e. The fraction of sp³-hybridized carbons (Fsp3) is 0.500. The van der Waals surface area contributed by atoms with Gasteiger partial charge in [0.05, 0.1) is 5.69 Å². The number of anilines is 1. The molecule has 2 aliphatic heterocycles. The molecule has 0 saturated carbocycles. The Bertz CT molecular complexity index is 713. The SMILES string of the molecule is CCCNC(=O)N1CCN(C(=O)c2ccc3c(c2)N(C)C(=O)CO3)CC1. The highest BCUT2D eigenvalue weighted by atomic mass is 16.5. The van der Waals surface area contributed by atoms with Gasteiger partial charge < -0.3 is 24.8 Å². The number of rotatable bonds is 3. The third-order valence-electron chi connectivity index (χ3n) is 4.67. The zero-order valence-electron chi connectivity index (χ0n) is 15.2. The second-order valence-electron chi connectivity index (χ2n) is 6.44. The van der Waals surface area contributed by atoms with E-state index in [2.05, 4.69) is 5.32 Å². The molecule has 1 aromatic carbocycles. The van der Waals surface area contributed by atoms with E-state index in [-0.39, 0.29) is 24.5 Å². The van der Waals surface area contributed by atoms with Gasteiger partial charge in [-0.15, -0.1) is 0 Å². The van der Waals surface area contributed by atoms with Crippen molar-refractivity contribution in [3.8, 4) is 5.75 Å². The first kappa shape index (κ1) is 18.0. The molecule has 0 aliphatic carbocycles. The summed E-state index contributed by atoms with van der Waals surface area (Å²) in [6, 6.07) is 5.05. The minimum atomic E-state index is -0.145. The average molecular weight is 360 g/mol. The van der Waals surface area contributed by atoms with E-state index in [1.807, 2.05) is 6.92 Å². The van der Waals surface area contributed by atoms with Gasteiger partial charge in [0.1, 0.15) is 5.75 Å². The van der Waals surface area contributed by atoms with Gasteiger partial charge in [-0.2, -0.15) is 0 Å². The number of hydrogen-bond donors (Lipinski definition) is 1. The maximum Gasteiger partial charge on any atom is 0.317 e. The Labute approximate surface area is 152 Å². The van der Waals surface area contributed by atoms with Crippen LogP contribution < -0.4 is 15.0 Å². The minimum absolute atomic E-state index is 0.0127. The third kappa shape index (κ3) is 3.58. The van der Waals surface area contributed by atoms with Gasteiger partial charge in [-0.05, 0) is 24.6 Å². The van der Waals surface area contributed by atoms with E-state index < -0.39 is 0 Å². The molecule has 2 heterocycles. The molecule has 8 nitrogen and oxygen atoms in total. The lowest BCUT2D eigenvalue weighted by molar-refractivity contribution is -0.120. The summed E-state index contributed by atoms with van der Waals surface area (Å²) in [6.07, 6.45) is 0.892. The normalized spacial score (nSPS) is 16.8. The number of piperazine rings is 1. The quantitative estimate of drug-likeness (QED) is 0.869. The molecule has 0 unspecified atom stereocenters. The zero-order valence-corrected chi connectivity index (χ0v) is 15.2. The van der Waals surface area contributed by atoms with Gasteiger partial charge in [0.2, 0.25) is 0 Å². The number of likely N-dealkylation sites (N-methyl/N-ethyl adjacent to an activating group) is 1. The first-order chi connectivity index (χ1) is 12.5. The predicted octanol–water partition coefficient (Wildman–Crippen LogP) is 0.919. The van der Waals surface area contributed by atoms with Gasteiger partial charge in [-0.1, -0.05) is 6.92 Å². The standard InChI is InChI=1S/C18H24N4O4/c1-3-6-19-18(25)22-9-7-21(8-10-22)17(24)13-4-5-15-14(11-13)20(2)16(23)12-26-15/h4-5,11H,3,6-10,12H2,1-2H3,(H,19,25). The summed E-state index contributed by atoms with van der Waals surface area (Å²) in [7, 11) is 1.67. The monoisotopic (exact) mass is 360 g/mol. The molecule has 0 atom stereocenters. The molecule has 1 saturated heterocycles. The molecule has 26 heavy (non-hydrogen) atoms. The van der Waals surface area contributed by atoms with Crippen LogP contribution in [0.5, 0.6) is 5.75 Å². The molecule has 0 spiro atoms. The smallest absolute Gasteiger partial charge is 0.317 e. The largest absolute Gasteiger partial charge is 0.482 e. The lowest BCUT2D eigenvalue weighted by Gasteiger charge is -2.35. The second kappa shape index (κ2) is 7.63. The van der Waals surface area contributed by atoms with Crippen molar-refractivity contribution in [1.29, 1.82) is 0 Å². The molecule has 1 fully saturated rings. The Hall–Kier alpha value is -2.77. The highest BCUT2D eigenvalue weighted by Gasteiger charge is 2.27. The summed E-state index contributed by atoms with van der Waals surface area (Å²) >= 11 is 0. The molecule has 1 aromatic rings. The molecular formula is C18H24N4O4. The van der Waals surface area contributed by atoms with Crippen molar-refractivity contribution in [2.75, 3.05) is 51.3 Å². The number of nitrogens with one attached hydrogen (secondary N) is 1. The molecule has 2 aliphatic rings. The van der Waals surface area contributed by atoms with E-state index in [9.17, 15) is 14.4 Å². The van der Waals surface area contributed by atoms with E-state index in [1.165, 1.54) is 4.90 Å². The van der Waals surface area contributed by atoms with Crippen molar-refractivity contribution in [2.45, 2.75) is 13.3 Å². The van der Waals surface area contributed by atoms with Crippen LogP contribution in [0.25, 0.3) is 0 Å². The molecule has 0 bridgehead atoms. The number of fused-ring (bicyclic) bond motifs is 1. The molecular weight excluding hydrogens is 336 g/mol. The zero-order chi connectivity index (χ0) is 18.7. The van der Waals surface area contributed by atoms with E-state index >= 15 is 0 Å². The maximum atomic E-state index is 12.8. The van der Waals surface area contributed by atoms with Gasteiger partial charge in [-0.25, -0.2) is 4.79 Å². The highest BCUT2D eigenvalue weighted by Crippen LogP contribution is 2.32. The molecule has 8 heteroatoms. The first-order valence-corrected chi connectivity index (χ1v) is 8.86. The van der Waals surface area contributed by atoms with Crippen LogP contribution in [0, 0.1) is 0 Å². The third-order valence-corrected chi connectivity index (χ3v) is 4.67. The Kier molecular flexibility index (Phi) is 5.29. The summed E-state index contributed by atoms with van der Waals surface area (Å²) in [6.45, 7) is 4.66. The maximum absolute atomic E-state index is 12.8. The summed E-state index contributed by atoms with van der Waals surface area (Å²) in [5, 5.41) is 2.85. The molecule has 4 amide bonds. The van der Waals surface area contributed by atoms with Crippen molar-refractivity contribution >= 4 is 23.5 Å². The summed E-state index contributed by atoms with van der Waals surface area (Å²) in [5.41, 5.74) is 1.11. The topological polar surface area (TPSA) is 82.2 Å². The number of carbonyl (C=O) groups excluding carboxylic acids is 3. The van der Waals surface area contributed by atoms with Crippen LogP contribution in [0.4, 0.5) is 10.5 Å². The van der Waals surface area contributed by atoms with Crippen LogP contribution in [0.15, 0.2) is 18.2 Å². The number of ether oxygens (including phenoxy) is 1. The number of amides is 4. The second-order valence-corrected chi connectivity index (χ2v) is 6.44. The molecule has 3 rings (SSSR count). The number of hydrogen-bond acceptors (Lipinski definition) is 4. The van der Waals surface area contributed by atoms with Gasteiger partial charge in [0.25, 0.3) is 11.8 Å². The van der Waals surface area contributed by atoms with E-state index in [0.29, 0.717) is 49.7 Å². The van der Waals surface area contributed by atoms with Gasteiger partial charge in [0, 0.05) is 45.3 Å². The fourth-order valence-electron chi connectivity index (χ4n) is 3.04. The van der Waals surface area contributed by atoms with Crippen LogP contribution in [-0.2, 0) is 4.79 Å². The molecule has 1 N–H and O–H groups in total. The van der Waals surface area contributed by atoms with E-state index in [1.54, 1.807) is 35.0 Å². The Balaban J connectivity index is 1.64. The Morgan fingerprint density at radius 2 is 1.85 bits per heavy atom. The Morgan fingerprint density at radius 3 is 2.54 bits per heavy atom. The number of nitrogens with zero attached hydrogens (tertiary/aromatic N) is 3. The molecule has 0 aromatic heterocycles. The van der Waals surface area contributed by atoms with E-state index in [4.69, 9.17) is 4.74 Å². The lowest BCUT2D eigenvalue weighted by atomic mass is 10.1. The Morgan fingerprint density at radius 1 is 1.15 bits per heavy atom. The molecule has 0 radical (unpaired) electrons. The van der Waals surface area contributed by atoms with Crippen LogP contribution in [0.2, 0.25) is 0 Å². The summed E-state index contributed by atoms with van der Waals surface area (Å²) in [5.74, 6) is 0.350. The van der Waals surface area contributed by atoms with Crippen molar-refractivity contribution in [3.05, 3.63) is 23.8 Å². The van der Waals surface area contributed by atoms with E-state index in [0.717, 1.165) is 6.42 Å².